The summed E-state index contributed by atoms with van der Waals surface area (Å²) in [7, 11) is 0. The van der Waals surface area contributed by atoms with Gasteiger partial charge in [0, 0.05) is 43.1 Å². The van der Waals surface area contributed by atoms with Gasteiger partial charge < -0.3 is 14.6 Å². The maximum atomic E-state index is 12.9. The fourth-order valence-corrected chi connectivity index (χ4v) is 3.73. The summed E-state index contributed by atoms with van der Waals surface area (Å²) in [6.07, 6.45) is 2.57. The van der Waals surface area contributed by atoms with Crippen LogP contribution in [0.4, 0.5) is 0 Å². The average molecular weight is 396 g/mol. The van der Waals surface area contributed by atoms with Gasteiger partial charge in [0.15, 0.2) is 11.7 Å². The predicted octanol–water partition coefficient (Wildman–Crippen LogP) is 4.10. The molecular formula is C22H22ClN3O2. The van der Waals surface area contributed by atoms with Crippen LogP contribution in [0.2, 0.25) is 5.02 Å². The van der Waals surface area contributed by atoms with Crippen LogP contribution in [0.15, 0.2) is 65.2 Å². The van der Waals surface area contributed by atoms with E-state index in [4.69, 9.17) is 16.0 Å². The van der Waals surface area contributed by atoms with Crippen molar-refractivity contribution in [3.05, 3.63) is 77.3 Å². The zero-order valence-electron chi connectivity index (χ0n) is 15.5. The summed E-state index contributed by atoms with van der Waals surface area (Å²) in [5.74, 6) is 1.41. The smallest absolute Gasteiger partial charge is 0.223 e. The van der Waals surface area contributed by atoms with E-state index < -0.39 is 0 Å². The van der Waals surface area contributed by atoms with Crippen molar-refractivity contribution in [2.75, 3.05) is 19.6 Å². The molecule has 2 heterocycles. The number of rotatable bonds is 5. The molecule has 1 N–H and O–H groups in total. The third kappa shape index (κ3) is 4.26. The third-order valence-electron chi connectivity index (χ3n) is 4.96. The summed E-state index contributed by atoms with van der Waals surface area (Å²) in [5.41, 5.74) is 2.03. The fourth-order valence-electron chi connectivity index (χ4n) is 3.53. The van der Waals surface area contributed by atoms with Gasteiger partial charge in [-0.1, -0.05) is 54.1 Å². The van der Waals surface area contributed by atoms with Gasteiger partial charge in [0.1, 0.15) is 0 Å². The van der Waals surface area contributed by atoms with Crippen LogP contribution in [0.5, 0.6) is 0 Å². The summed E-state index contributed by atoms with van der Waals surface area (Å²) in [4.78, 5) is 19.2. The Morgan fingerprint density at radius 2 is 2.07 bits per heavy atom. The molecule has 0 saturated carbocycles. The number of nitrogens with one attached hydrogen (secondary N) is 1. The van der Waals surface area contributed by atoms with Crippen LogP contribution in [0.1, 0.15) is 23.9 Å². The molecule has 1 aromatic heterocycles. The van der Waals surface area contributed by atoms with Crippen LogP contribution in [0, 0.1) is 0 Å². The molecule has 1 aliphatic heterocycles. The van der Waals surface area contributed by atoms with E-state index in [2.05, 4.69) is 10.3 Å². The van der Waals surface area contributed by atoms with Crippen LogP contribution in [0.25, 0.3) is 11.3 Å². The number of piperazine rings is 1. The molecule has 6 heteroatoms. The Morgan fingerprint density at radius 1 is 1.21 bits per heavy atom. The minimum atomic E-state index is -0.00982. The van der Waals surface area contributed by atoms with Crippen LogP contribution in [-0.4, -0.2) is 35.4 Å². The molecule has 0 aliphatic carbocycles. The number of hydrogen-bond acceptors (Lipinski definition) is 4. The molecule has 0 spiro atoms. The second-order valence-electron chi connectivity index (χ2n) is 6.85. The number of amides is 1. The van der Waals surface area contributed by atoms with E-state index in [1.165, 1.54) is 0 Å². The standard InChI is InChI=1S/C22H22ClN3O2/c23-18-8-4-7-17(13-18)19-14-24-11-12-26(19)22(27)10-9-21-25-15-20(28-21)16-5-2-1-3-6-16/h1-8,13,15,19,24H,9-12,14H2. The van der Waals surface area contributed by atoms with E-state index in [1.807, 2.05) is 59.5 Å². The van der Waals surface area contributed by atoms with Gasteiger partial charge in [0.25, 0.3) is 0 Å². The van der Waals surface area contributed by atoms with Gasteiger partial charge in [-0.15, -0.1) is 0 Å². The number of nitrogens with zero attached hydrogens (tertiary/aromatic N) is 2. The van der Waals surface area contributed by atoms with Crippen molar-refractivity contribution in [1.29, 1.82) is 0 Å². The second kappa shape index (κ2) is 8.59. The topological polar surface area (TPSA) is 58.4 Å². The summed E-state index contributed by atoms with van der Waals surface area (Å²) in [5, 5.41) is 4.05. The quantitative estimate of drug-likeness (QED) is 0.706. The van der Waals surface area contributed by atoms with Crippen molar-refractivity contribution >= 4 is 17.5 Å². The van der Waals surface area contributed by atoms with E-state index in [9.17, 15) is 4.79 Å². The van der Waals surface area contributed by atoms with Gasteiger partial charge in [-0.2, -0.15) is 0 Å². The molecule has 3 aromatic rings. The molecule has 1 aliphatic rings. The first-order chi connectivity index (χ1) is 13.7. The van der Waals surface area contributed by atoms with Gasteiger partial charge >= 0.3 is 0 Å². The number of benzene rings is 2. The lowest BCUT2D eigenvalue weighted by molar-refractivity contribution is -0.134. The maximum absolute atomic E-state index is 12.9. The lowest BCUT2D eigenvalue weighted by Crippen LogP contribution is -2.48. The first-order valence-electron chi connectivity index (χ1n) is 9.46. The van der Waals surface area contributed by atoms with Crippen LogP contribution >= 0.6 is 11.6 Å². The van der Waals surface area contributed by atoms with Crippen molar-refractivity contribution < 1.29 is 9.21 Å². The predicted molar refractivity (Wildman–Crippen MR) is 109 cm³/mol. The normalized spacial score (nSPS) is 16.9. The van der Waals surface area contributed by atoms with Gasteiger partial charge in [0.2, 0.25) is 5.91 Å². The molecule has 144 valence electrons. The molecule has 1 atom stereocenters. The second-order valence-corrected chi connectivity index (χ2v) is 7.28. The van der Waals surface area contributed by atoms with Crippen molar-refractivity contribution in [3.8, 4) is 11.3 Å². The number of carbonyl (C=O) groups excluding carboxylic acids is 1. The zero-order valence-corrected chi connectivity index (χ0v) is 16.2. The highest BCUT2D eigenvalue weighted by Crippen LogP contribution is 2.26. The number of aromatic nitrogens is 1. The Kier molecular flexibility index (Phi) is 5.74. The largest absolute Gasteiger partial charge is 0.441 e. The fraction of sp³-hybridized carbons (Fsp3) is 0.273. The number of hydrogen-bond donors (Lipinski definition) is 1. The molecule has 1 fully saturated rings. The highest BCUT2D eigenvalue weighted by Gasteiger charge is 2.28. The van der Waals surface area contributed by atoms with Crippen molar-refractivity contribution in [1.82, 2.24) is 15.2 Å². The Morgan fingerprint density at radius 3 is 2.89 bits per heavy atom. The molecule has 2 aromatic carbocycles. The molecule has 5 nitrogen and oxygen atoms in total. The highest BCUT2D eigenvalue weighted by atomic mass is 35.5. The Labute approximate surface area is 169 Å². The summed E-state index contributed by atoms with van der Waals surface area (Å²) in [6.45, 7) is 2.19. The first-order valence-corrected chi connectivity index (χ1v) is 9.84. The van der Waals surface area contributed by atoms with E-state index in [0.29, 0.717) is 30.3 Å². The maximum Gasteiger partial charge on any atom is 0.223 e. The monoisotopic (exact) mass is 395 g/mol. The summed E-state index contributed by atoms with van der Waals surface area (Å²) >= 11 is 6.14. The molecule has 28 heavy (non-hydrogen) atoms. The SMILES string of the molecule is O=C(CCc1ncc(-c2ccccc2)o1)N1CCNCC1c1cccc(Cl)c1. The van der Waals surface area contributed by atoms with E-state index in [1.54, 1.807) is 6.20 Å². The Hall–Kier alpha value is -2.63. The first kappa shape index (κ1) is 18.7. The lowest BCUT2D eigenvalue weighted by Gasteiger charge is -2.36. The summed E-state index contributed by atoms with van der Waals surface area (Å²) < 4.78 is 5.82. The number of oxazole rings is 1. The molecule has 0 radical (unpaired) electrons. The van der Waals surface area contributed by atoms with Crippen molar-refractivity contribution in [2.45, 2.75) is 18.9 Å². The molecule has 1 amide bonds. The van der Waals surface area contributed by atoms with Gasteiger partial charge in [0.05, 0.1) is 12.2 Å². The molecule has 0 bridgehead atoms. The minimum absolute atomic E-state index is 0.00982. The Bertz CT molecular complexity index is 942. The minimum Gasteiger partial charge on any atom is -0.441 e. The Balaban J connectivity index is 1.42. The van der Waals surface area contributed by atoms with Gasteiger partial charge in [-0.25, -0.2) is 4.98 Å². The molecule has 4 rings (SSSR count). The van der Waals surface area contributed by atoms with E-state index in [-0.39, 0.29) is 11.9 Å². The highest BCUT2D eigenvalue weighted by molar-refractivity contribution is 6.30. The van der Waals surface area contributed by atoms with Gasteiger partial charge in [-0.3, -0.25) is 4.79 Å². The third-order valence-corrected chi connectivity index (χ3v) is 5.20. The number of aryl methyl sites for hydroxylation is 1. The zero-order chi connectivity index (χ0) is 19.3. The number of halogens is 1. The number of carbonyl (C=O) groups is 1. The van der Waals surface area contributed by atoms with Crippen LogP contribution in [0.3, 0.4) is 0 Å². The molecule has 1 unspecified atom stereocenters. The van der Waals surface area contributed by atoms with Crippen LogP contribution in [-0.2, 0) is 11.2 Å². The molecule has 1 saturated heterocycles. The van der Waals surface area contributed by atoms with E-state index in [0.717, 1.165) is 30.0 Å². The molecular weight excluding hydrogens is 374 g/mol. The summed E-state index contributed by atoms with van der Waals surface area (Å²) in [6, 6.07) is 17.5. The van der Waals surface area contributed by atoms with Crippen LogP contribution < -0.4 is 5.32 Å². The van der Waals surface area contributed by atoms with Crippen molar-refractivity contribution in [3.63, 3.8) is 0 Å². The van der Waals surface area contributed by atoms with Crippen molar-refractivity contribution in [2.24, 2.45) is 0 Å². The lowest BCUT2D eigenvalue weighted by atomic mass is 10.0. The van der Waals surface area contributed by atoms with E-state index >= 15 is 0 Å². The average Bonchev–Trinajstić information content (AvgIpc) is 3.22. The van der Waals surface area contributed by atoms with Gasteiger partial charge in [-0.05, 0) is 17.7 Å².